The van der Waals surface area contributed by atoms with E-state index in [2.05, 4.69) is 5.32 Å². The van der Waals surface area contributed by atoms with Gasteiger partial charge in [0.2, 0.25) is 0 Å². The van der Waals surface area contributed by atoms with Crippen molar-refractivity contribution in [2.45, 2.75) is 32.4 Å². The third-order valence-corrected chi connectivity index (χ3v) is 2.31. The smallest absolute Gasteiger partial charge is 0.271 e. The van der Waals surface area contributed by atoms with Crippen LogP contribution in [0.1, 0.15) is 20.8 Å². The van der Waals surface area contributed by atoms with E-state index in [1.165, 1.54) is 0 Å². The van der Waals surface area contributed by atoms with Gasteiger partial charge in [-0.25, -0.2) is 0 Å². The van der Waals surface area contributed by atoms with Crippen LogP contribution in [0.3, 0.4) is 0 Å². The van der Waals surface area contributed by atoms with Crippen LogP contribution >= 0.6 is 0 Å². The summed E-state index contributed by atoms with van der Waals surface area (Å²) in [6.07, 6.45) is 0. The zero-order chi connectivity index (χ0) is 11.1. The van der Waals surface area contributed by atoms with Crippen LogP contribution in [-0.2, 0) is 0 Å². The Morgan fingerprint density at radius 3 is 2.14 bits per heavy atom. The average molecular weight is 199 g/mol. The summed E-state index contributed by atoms with van der Waals surface area (Å²) in [7, 11) is 0. The molecule has 1 aromatic rings. The maximum Gasteiger partial charge on any atom is 0.271 e. The highest BCUT2D eigenvalue weighted by Gasteiger charge is 2.27. The van der Waals surface area contributed by atoms with Gasteiger partial charge in [0, 0.05) is 0 Å². The first kappa shape index (κ1) is 10.7. The summed E-state index contributed by atoms with van der Waals surface area (Å²) < 4.78 is 0. The molecule has 5 heteroatoms. The van der Waals surface area contributed by atoms with Gasteiger partial charge in [-0.15, -0.1) is 0 Å². The molecule has 0 saturated heterocycles. The lowest BCUT2D eigenvalue weighted by atomic mass is 10.00. The van der Waals surface area contributed by atoms with Crippen LogP contribution in [0.5, 0.6) is 5.75 Å². The summed E-state index contributed by atoms with van der Waals surface area (Å²) in [4.78, 5) is 21.6. The van der Waals surface area contributed by atoms with E-state index in [4.69, 9.17) is 5.11 Å². The minimum Gasteiger partial charge on any atom is -0.502 e. The minimum atomic E-state index is -1.04. The molecule has 0 heterocycles. The van der Waals surface area contributed by atoms with Gasteiger partial charge >= 0.3 is 0 Å². The number of hydrogen-bond acceptors (Lipinski definition) is 5. The zero-order valence-corrected chi connectivity index (χ0v) is 8.29. The molecule has 0 fully saturated rings. The Labute approximate surface area is 80.7 Å². The first-order valence-corrected chi connectivity index (χ1v) is 4.26. The van der Waals surface area contributed by atoms with Crippen molar-refractivity contribution in [3.05, 3.63) is 20.4 Å². The molecule has 0 aliphatic rings. The highest BCUT2D eigenvalue weighted by Crippen LogP contribution is 2.19. The summed E-state index contributed by atoms with van der Waals surface area (Å²) in [6, 6.07) is -0.434. The molecule has 0 aliphatic carbocycles. The van der Waals surface area contributed by atoms with E-state index in [9.17, 15) is 14.7 Å². The molecular weight excluding hydrogens is 186 g/mol. The molecule has 0 amide bonds. The molecular formula is C9H13NO4. The first-order valence-electron chi connectivity index (χ1n) is 4.26. The van der Waals surface area contributed by atoms with Crippen LogP contribution in [0.15, 0.2) is 9.59 Å². The summed E-state index contributed by atoms with van der Waals surface area (Å²) >= 11 is 0. The predicted octanol–water partition coefficient (Wildman–Crippen LogP) is -0.441. The second-order valence-electron chi connectivity index (χ2n) is 3.90. The van der Waals surface area contributed by atoms with Crippen LogP contribution in [-0.4, -0.2) is 21.9 Å². The van der Waals surface area contributed by atoms with Crippen LogP contribution in [0, 0.1) is 0 Å². The summed E-state index contributed by atoms with van der Waals surface area (Å²) in [6.45, 7) is 4.77. The van der Waals surface area contributed by atoms with E-state index in [0.29, 0.717) is 0 Å². The van der Waals surface area contributed by atoms with Crippen molar-refractivity contribution in [3.63, 3.8) is 0 Å². The molecule has 1 rings (SSSR count). The molecule has 0 aromatic heterocycles. The molecule has 0 bridgehead atoms. The molecule has 1 atom stereocenters. The summed E-state index contributed by atoms with van der Waals surface area (Å²) in [5.41, 5.74) is -2.76. The SMILES string of the molecule is CC(Nc1c(O)c(=O)c1=O)C(C)(C)O. The van der Waals surface area contributed by atoms with E-state index in [-0.39, 0.29) is 5.69 Å². The van der Waals surface area contributed by atoms with Crippen molar-refractivity contribution in [3.8, 4) is 5.75 Å². The topological polar surface area (TPSA) is 86.6 Å². The normalized spacial score (nSPS) is 14.3. The lowest BCUT2D eigenvalue weighted by Crippen LogP contribution is -2.43. The Morgan fingerprint density at radius 2 is 1.79 bits per heavy atom. The molecule has 0 radical (unpaired) electrons. The fourth-order valence-electron chi connectivity index (χ4n) is 0.907. The van der Waals surface area contributed by atoms with E-state index < -0.39 is 28.2 Å². The van der Waals surface area contributed by atoms with E-state index in [1.807, 2.05) is 0 Å². The van der Waals surface area contributed by atoms with Crippen molar-refractivity contribution in [1.29, 1.82) is 0 Å². The van der Waals surface area contributed by atoms with Gasteiger partial charge in [-0.2, -0.15) is 0 Å². The quantitative estimate of drug-likeness (QED) is 0.574. The number of nitrogens with one attached hydrogen (secondary N) is 1. The van der Waals surface area contributed by atoms with Gasteiger partial charge in [0.1, 0.15) is 5.69 Å². The number of anilines is 1. The summed E-state index contributed by atoms with van der Waals surface area (Å²) in [5, 5.41) is 21.2. The van der Waals surface area contributed by atoms with Gasteiger partial charge in [0.15, 0.2) is 5.75 Å². The minimum absolute atomic E-state index is 0.107. The second kappa shape index (κ2) is 3.09. The van der Waals surface area contributed by atoms with Crippen LogP contribution < -0.4 is 16.2 Å². The predicted molar refractivity (Wildman–Crippen MR) is 52.4 cm³/mol. The monoisotopic (exact) mass is 199 g/mol. The van der Waals surface area contributed by atoms with Crippen LogP contribution in [0.2, 0.25) is 0 Å². The maximum atomic E-state index is 10.9. The fraction of sp³-hybridized carbons (Fsp3) is 0.556. The first-order chi connectivity index (χ1) is 6.25. The second-order valence-corrected chi connectivity index (χ2v) is 3.90. The Bertz CT molecular complexity index is 409. The Hall–Kier alpha value is -1.36. The third kappa shape index (κ3) is 1.63. The van der Waals surface area contributed by atoms with E-state index in [0.717, 1.165) is 0 Å². The maximum absolute atomic E-state index is 10.9. The van der Waals surface area contributed by atoms with Crippen LogP contribution in [0.4, 0.5) is 5.69 Å². The lowest BCUT2D eigenvalue weighted by Gasteiger charge is -2.27. The molecule has 1 aromatic carbocycles. The highest BCUT2D eigenvalue weighted by atomic mass is 16.3. The molecule has 0 saturated carbocycles. The van der Waals surface area contributed by atoms with Gasteiger partial charge in [0.25, 0.3) is 10.9 Å². The molecule has 5 nitrogen and oxygen atoms in total. The van der Waals surface area contributed by atoms with Gasteiger partial charge in [-0.3, -0.25) is 9.59 Å². The number of hydrogen-bond donors (Lipinski definition) is 3. The van der Waals surface area contributed by atoms with Crippen molar-refractivity contribution in [1.82, 2.24) is 0 Å². The van der Waals surface area contributed by atoms with E-state index in [1.54, 1.807) is 20.8 Å². The molecule has 3 N–H and O–H groups in total. The van der Waals surface area contributed by atoms with Gasteiger partial charge < -0.3 is 15.5 Å². The Morgan fingerprint density at radius 1 is 1.29 bits per heavy atom. The van der Waals surface area contributed by atoms with Gasteiger partial charge in [0.05, 0.1) is 11.6 Å². The standard InChI is InChI=1S/C9H13NO4/c1-4(9(2,3)14)10-5-6(11)8(13)7(5)12/h4,10-11,14H,1-3H3. The third-order valence-electron chi connectivity index (χ3n) is 2.31. The fourth-order valence-corrected chi connectivity index (χ4v) is 0.907. The van der Waals surface area contributed by atoms with Gasteiger partial charge in [-0.05, 0) is 20.8 Å². The number of aliphatic hydroxyl groups is 1. The number of aromatic hydroxyl groups is 1. The molecule has 0 aliphatic heterocycles. The van der Waals surface area contributed by atoms with Gasteiger partial charge in [-0.1, -0.05) is 0 Å². The molecule has 1 unspecified atom stereocenters. The van der Waals surface area contributed by atoms with Crippen molar-refractivity contribution in [2.75, 3.05) is 5.32 Å². The van der Waals surface area contributed by atoms with Crippen LogP contribution in [0.25, 0.3) is 0 Å². The number of rotatable bonds is 3. The molecule has 78 valence electrons. The average Bonchev–Trinajstić information content (AvgIpc) is 2.10. The zero-order valence-electron chi connectivity index (χ0n) is 8.29. The van der Waals surface area contributed by atoms with E-state index >= 15 is 0 Å². The Balaban J connectivity index is 2.83. The molecule has 14 heavy (non-hydrogen) atoms. The van der Waals surface area contributed by atoms with Crippen molar-refractivity contribution in [2.24, 2.45) is 0 Å². The largest absolute Gasteiger partial charge is 0.502 e. The Kier molecular flexibility index (Phi) is 2.37. The summed E-state index contributed by atoms with van der Waals surface area (Å²) in [5.74, 6) is -0.550. The lowest BCUT2D eigenvalue weighted by molar-refractivity contribution is 0.0648. The highest BCUT2D eigenvalue weighted by molar-refractivity contribution is 5.61. The molecule has 0 spiro atoms. The van der Waals surface area contributed by atoms with Crippen molar-refractivity contribution >= 4 is 5.69 Å². The van der Waals surface area contributed by atoms with Crippen molar-refractivity contribution < 1.29 is 10.2 Å².